The molecule has 0 radical (unpaired) electrons. The fraction of sp³-hybridized carbons (Fsp3) is 0.591. The number of likely N-dealkylation sites (tertiary alicyclic amines) is 1. The normalized spacial score (nSPS) is 28.4. The number of primary amides is 1. The monoisotopic (exact) mass is 451 g/mol. The molecule has 1 aliphatic carbocycles. The van der Waals surface area contributed by atoms with Gasteiger partial charge >= 0.3 is 0 Å². The number of ketones is 1. The van der Waals surface area contributed by atoms with Gasteiger partial charge in [0.15, 0.2) is 5.78 Å². The van der Waals surface area contributed by atoms with Crippen LogP contribution >= 0.6 is 23.2 Å². The first-order valence-corrected chi connectivity index (χ1v) is 11.2. The SMILES string of the molecule is CC1(C(=O)N2CCC(C(=O)[C@]3(C(N)=O)CNC[C@H]3c3ccc(Cl)c(Cl)c3)CC2)CC1. The molecule has 0 aromatic heterocycles. The molecule has 1 aromatic rings. The average molecular weight is 452 g/mol. The second-order valence-electron chi connectivity index (χ2n) is 9.18. The molecule has 2 aliphatic heterocycles. The largest absolute Gasteiger partial charge is 0.369 e. The highest BCUT2D eigenvalue weighted by atomic mass is 35.5. The molecule has 1 saturated carbocycles. The second kappa shape index (κ2) is 7.81. The van der Waals surface area contributed by atoms with Crippen LogP contribution in [-0.2, 0) is 14.4 Å². The Kier molecular flexibility index (Phi) is 5.62. The Bertz CT molecular complexity index is 894. The van der Waals surface area contributed by atoms with E-state index in [2.05, 4.69) is 5.32 Å². The van der Waals surface area contributed by atoms with Gasteiger partial charge in [0.1, 0.15) is 5.41 Å². The summed E-state index contributed by atoms with van der Waals surface area (Å²) in [5.41, 5.74) is 5.10. The van der Waals surface area contributed by atoms with Crippen LogP contribution in [-0.4, -0.2) is 48.7 Å². The molecule has 3 fully saturated rings. The van der Waals surface area contributed by atoms with Gasteiger partial charge in [-0.25, -0.2) is 0 Å². The molecule has 4 rings (SSSR count). The van der Waals surface area contributed by atoms with Crippen LogP contribution in [0, 0.1) is 16.7 Å². The van der Waals surface area contributed by atoms with E-state index in [1.54, 1.807) is 18.2 Å². The van der Waals surface area contributed by atoms with Crippen LogP contribution in [0.15, 0.2) is 18.2 Å². The van der Waals surface area contributed by atoms with Crippen LogP contribution in [0.2, 0.25) is 10.0 Å². The molecule has 3 aliphatic rings. The predicted octanol–water partition coefficient (Wildman–Crippen LogP) is 2.76. The van der Waals surface area contributed by atoms with Crippen LogP contribution in [0.3, 0.4) is 0 Å². The van der Waals surface area contributed by atoms with E-state index in [4.69, 9.17) is 28.9 Å². The number of halogens is 2. The maximum Gasteiger partial charge on any atom is 0.233 e. The molecular weight excluding hydrogens is 425 g/mol. The third kappa shape index (κ3) is 3.53. The number of hydrogen-bond donors (Lipinski definition) is 2. The molecule has 30 heavy (non-hydrogen) atoms. The van der Waals surface area contributed by atoms with Gasteiger partial charge in [-0.1, -0.05) is 36.2 Å². The summed E-state index contributed by atoms with van der Waals surface area (Å²) in [5, 5.41) is 3.99. The summed E-state index contributed by atoms with van der Waals surface area (Å²) in [6.45, 7) is 3.77. The molecule has 3 N–H and O–H groups in total. The van der Waals surface area contributed by atoms with Gasteiger partial charge in [0.05, 0.1) is 10.0 Å². The first-order valence-electron chi connectivity index (χ1n) is 10.5. The zero-order valence-electron chi connectivity index (χ0n) is 17.0. The quantitative estimate of drug-likeness (QED) is 0.672. The highest BCUT2D eigenvalue weighted by molar-refractivity contribution is 6.42. The fourth-order valence-corrected chi connectivity index (χ4v) is 5.28. The highest BCUT2D eigenvalue weighted by Crippen LogP contribution is 2.48. The molecule has 8 heteroatoms. The van der Waals surface area contributed by atoms with Crippen LogP contribution in [0.4, 0.5) is 0 Å². The Balaban J connectivity index is 1.54. The van der Waals surface area contributed by atoms with E-state index >= 15 is 0 Å². The summed E-state index contributed by atoms with van der Waals surface area (Å²) in [6.07, 6.45) is 2.99. The maximum absolute atomic E-state index is 13.7. The predicted molar refractivity (Wildman–Crippen MR) is 115 cm³/mol. The van der Waals surface area contributed by atoms with Crippen molar-refractivity contribution in [3.8, 4) is 0 Å². The van der Waals surface area contributed by atoms with Crippen LogP contribution in [0.25, 0.3) is 0 Å². The molecule has 0 unspecified atom stereocenters. The number of nitrogens with one attached hydrogen (secondary N) is 1. The number of rotatable bonds is 5. The molecule has 0 spiro atoms. The number of benzene rings is 1. The topological polar surface area (TPSA) is 92.5 Å². The number of carbonyl (C=O) groups is 3. The van der Waals surface area contributed by atoms with Crippen LogP contribution < -0.4 is 11.1 Å². The Labute approximate surface area is 186 Å². The Morgan fingerprint density at radius 3 is 2.37 bits per heavy atom. The summed E-state index contributed by atoms with van der Waals surface area (Å²) in [7, 11) is 0. The van der Waals surface area contributed by atoms with E-state index < -0.39 is 17.2 Å². The molecule has 2 amide bonds. The number of amides is 2. The van der Waals surface area contributed by atoms with Gasteiger partial charge in [-0.15, -0.1) is 0 Å². The molecule has 2 heterocycles. The van der Waals surface area contributed by atoms with Crippen molar-refractivity contribution in [2.75, 3.05) is 26.2 Å². The second-order valence-corrected chi connectivity index (χ2v) is 10.00. The molecular formula is C22H27Cl2N3O3. The van der Waals surface area contributed by atoms with Crippen LogP contribution in [0.5, 0.6) is 0 Å². The van der Waals surface area contributed by atoms with Crippen LogP contribution in [0.1, 0.15) is 44.1 Å². The van der Waals surface area contributed by atoms with E-state index in [0.29, 0.717) is 42.5 Å². The van der Waals surface area contributed by atoms with Crippen molar-refractivity contribution >= 4 is 40.8 Å². The summed E-state index contributed by atoms with van der Waals surface area (Å²) < 4.78 is 0. The van der Waals surface area contributed by atoms with Crippen molar-refractivity contribution in [2.45, 2.75) is 38.5 Å². The van der Waals surface area contributed by atoms with Crippen molar-refractivity contribution in [1.29, 1.82) is 0 Å². The molecule has 2 saturated heterocycles. The fourth-order valence-electron chi connectivity index (χ4n) is 4.97. The maximum atomic E-state index is 13.7. The van der Waals surface area contributed by atoms with Crippen molar-refractivity contribution in [3.63, 3.8) is 0 Å². The zero-order chi connectivity index (χ0) is 21.7. The standard InChI is InChI=1S/C22H27Cl2N3O3/c1-21(6-7-21)20(30)27-8-4-13(5-9-27)18(28)22(19(25)29)12-26-11-15(22)14-2-3-16(23)17(24)10-14/h2-3,10,13,15,26H,4-9,11-12H2,1H3,(H2,25,29)/t15-,22-/m0/s1. The van der Waals surface area contributed by atoms with Gasteiger partial charge in [-0.2, -0.15) is 0 Å². The summed E-state index contributed by atoms with van der Waals surface area (Å²) in [6, 6.07) is 5.19. The van der Waals surface area contributed by atoms with Gasteiger partial charge < -0.3 is 16.0 Å². The van der Waals surface area contributed by atoms with Gasteiger partial charge in [0.25, 0.3) is 0 Å². The van der Waals surface area contributed by atoms with E-state index in [1.165, 1.54) is 0 Å². The number of piperidine rings is 1. The lowest BCUT2D eigenvalue weighted by Crippen LogP contribution is -2.53. The minimum Gasteiger partial charge on any atom is -0.369 e. The third-order valence-corrected chi connectivity index (χ3v) is 7.98. The van der Waals surface area contributed by atoms with Crippen molar-refractivity contribution in [1.82, 2.24) is 10.2 Å². The molecule has 0 bridgehead atoms. The first-order chi connectivity index (χ1) is 14.2. The van der Waals surface area contributed by atoms with Gasteiger partial charge in [-0.05, 0) is 43.4 Å². The number of nitrogens with two attached hydrogens (primary N) is 1. The molecule has 2 atom stereocenters. The Morgan fingerprint density at radius 2 is 1.80 bits per heavy atom. The minimum atomic E-state index is -1.32. The smallest absolute Gasteiger partial charge is 0.233 e. The van der Waals surface area contributed by atoms with E-state index in [-0.39, 0.29) is 29.6 Å². The molecule has 1 aromatic carbocycles. The number of carbonyl (C=O) groups excluding carboxylic acids is 3. The van der Waals surface area contributed by atoms with Crippen molar-refractivity contribution in [2.24, 2.45) is 22.5 Å². The van der Waals surface area contributed by atoms with E-state index in [9.17, 15) is 14.4 Å². The number of nitrogens with zero attached hydrogens (tertiary/aromatic N) is 1. The number of hydrogen-bond acceptors (Lipinski definition) is 4. The van der Waals surface area contributed by atoms with E-state index in [1.807, 2.05) is 11.8 Å². The van der Waals surface area contributed by atoms with Crippen molar-refractivity contribution in [3.05, 3.63) is 33.8 Å². The molecule has 162 valence electrons. The highest BCUT2D eigenvalue weighted by Gasteiger charge is 2.56. The lowest BCUT2D eigenvalue weighted by Gasteiger charge is -2.38. The van der Waals surface area contributed by atoms with Gasteiger partial charge in [0.2, 0.25) is 11.8 Å². The lowest BCUT2D eigenvalue weighted by atomic mass is 9.66. The third-order valence-electron chi connectivity index (χ3n) is 7.24. The lowest BCUT2D eigenvalue weighted by molar-refractivity contribution is -0.146. The average Bonchev–Trinajstić information content (AvgIpc) is 3.32. The van der Waals surface area contributed by atoms with Crippen molar-refractivity contribution < 1.29 is 14.4 Å². The first kappa shape index (κ1) is 21.6. The summed E-state index contributed by atoms with van der Waals surface area (Å²) in [4.78, 5) is 40.9. The zero-order valence-corrected chi connectivity index (χ0v) is 18.6. The van der Waals surface area contributed by atoms with Gasteiger partial charge in [0, 0.05) is 43.4 Å². The Hall–Kier alpha value is -1.63. The summed E-state index contributed by atoms with van der Waals surface area (Å²) in [5.74, 6) is -1.24. The number of Topliss-reactive ketones (excluding diaryl/α,β-unsaturated/α-hetero) is 1. The minimum absolute atomic E-state index is 0.124. The van der Waals surface area contributed by atoms with Gasteiger partial charge in [-0.3, -0.25) is 14.4 Å². The Morgan fingerprint density at radius 1 is 1.13 bits per heavy atom. The summed E-state index contributed by atoms with van der Waals surface area (Å²) >= 11 is 12.2. The van der Waals surface area contributed by atoms with E-state index in [0.717, 1.165) is 18.4 Å². The molecule has 6 nitrogen and oxygen atoms in total.